The highest BCUT2D eigenvalue weighted by atomic mass is 19.1. The summed E-state index contributed by atoms with van der Waals surface area (Å²) in [5.41, 5.74) is 2.22. The number of nitrogens with zero attached hydrogens (tertiary/aromatic N) is 1. The minimum Gasteiger partial charge on any atom is -0.494 e. The number of methoxy groups -OCH3 is 1. The van der Waals surface area contributed by atoms with Gasteiger partial charge in [-0.2, -0.15) is 0 Å². The number of likely N-dealkylation sites (N-methyl/N-ethyl adjacent to an activating group) is 1. The monoisotopic (exact) mass is 358 g/mol. The van der Waals surface area contributed by atoms with Gasteiger partial charge in [-0.05, 0) is 43.7 Å². The second-order valence-electron chi connectivity index (χ2n) is 5.93. The molecule has 2 amide bonds. The van der Waals surface area contributed by atoms with Crippen LogP contribution in [0.1, 0.15) is 28.4 Å². The Morgan fingerprint density at radius 2 is 1.85 bits per heavy atom. The van der Waals surface area contributed by atoms with Gasteiger partial charge in [-0.25, -0.2) is 4.39 Å². The highest BCUT2D eigenvalue weighted by molar-refractivity contribution is 5.96. The fourth-order valence-corrected chi connectivity index (χ4v) is 2.48. The van der Waals surface area contributed by atoms with E-state index in [4.69, 9.17) is 4.74 Å². The molecular weight excluding hydrogens is 335 g/mol. The maximum absolute atomic E-state index is 13.8. The van der Waals surface area contributed by atoms with Crippen molar-refractivity contribution in [1.29, 1.82) is 0 Å². The Balaban J connectivity index is 1.94. The van der Waals surface area contributed by atoms with Crippen LogP contribution >= 0.6 is 0 Å². The van der Waals surface area contributed by atoms with Gasteiger partial charge in [-0.3, -0.25) is 9.59 Å². The largest absolute Gasteiger partial charge is 0.494 e. The molecule has 0 spiro atoms. The Morgan fingerprint density at radius 3 is 2.42 bits per heavy atom. The maximum Gasteiger partial charge on any atom is 0.251 e. The quantitative estimate of drug-likeness (QED) is 0.828. The molecule has 0 unspecified atom stereocenters. The third-order valence-corrected chi connectivity index (χ3v) is 4.04. The first kappa shape index (κ1) is 19.4. The number of carbonyl (C=O) groups is 2. The van der Waals surface area contributed by atoms with E-state index in [2.05, 4.69) is 5.32 Å². The van der Waals surface area contributed by atoms with E-state index in [1.807, 2.05) is 26.0 Å². The van der Waals surface area contributed by atoms with E-state index in [1.165, 1.54) is 19.2 Å². The smallest absolute Gasteiger partial charge is 0.251 e. The molecule has 0 fully saturated rings. The van der Waals surface area contributed by atoms with E-state index in [-0.39, 0.29) is 30.7 Å². The molecule has 26 heavy (non-hydrogen) atoms. The summed E-state index contributed by atoms with van der Waals surface area (Å²) in [7, 11) is 1.40. The molecule has 0 aliphatic rings. The highest BCUT2D eigenvalue weighted by Gasteiger charge is 2.15. The van der Waals surface area contributed by atoms with Crippen molar-refractivity contribution < 1.29 is 18.7 Å². The van der Waals surface area contributed by atoms with Gasteiger partial charge < -0.3 is 15.0 Å². The first-order valence-electron chi connectivity index (χ1n) is 8.39. The maximum atomic E-state index is 13.8. The second kappa shape index (κ2) is 8.99. The Labute approximate surface area is 152 Å². The lowest BCUT2D eigenvalue weighted by Crippen LogP contribution is -2.39. The van der Waals surface area contributed by atoms with E-state index in [1.54, 1.807) is 23.1 Å². The molecule has 5 nitrogen and oxygen atoms in total. The molecule has 6 heteroatoms. The lowest BCUT2D eigenvalue weighted by Gasteiger charge is -2.21. The van der Waals surface area contributed by atoms with Gasteiger partial charge in [-0.1, -0.05) is 23.8 Å². The van der Waals surface area contributed by atoms with Crippen LogP contribution in [0.2, 0.25) is 0 Å². The predicted octanol–water partition coefficient (Wildman–Crippen LogP) is 2.92. The number of nitrogens with one attached hydrogen (secondary N) is 1. The summed E-state index contributed by atoms with van der Waals surface area (Å²) in [5, 5.41) is 2.62. The minimum atomic E-state index is -0.471. The molecule has 0 aromatic heterocycles. The van der Waals surface area contributed by atoms with Crippen molar-refractivity contribution in [2.24, 2.45) is 0 Å². The van der Waals surface area contributed by atoms with Crippen LogP contribution in [-0.2, 0) is 11.3 Å². The van der Waals surface area contributed by atoms with E-state index in [9.17, 15) is 14.0 Å². The molecule has 0 heterocycles. The Morgan fingerprint density at radius 1 is 1.15 bits per heavy atom. The van der Waals surface area contributed by atoms with Crippen LogP contribution in [-0.4, -0.2) is 36.9 Å². The number of amides is 2. The number of halogens is 1. The number of benzene rings is 2. The summed E-state index contributed by atoms with van der Waals surface area (Å²) in [6, 6.07) is 11.7. The fraction of sp³-hybridized carbons (Fsp3) is 0.300. The predicted molar refractivity (Wildman–Crippen MR) is 97.6 cm³/mol. The summed E-state index contributed by atoms with van der Waals surface area (Å²) in [5.74, 6) is -0.844. The molecule has 1 N–H and O–H groups in total. The zero-order chi connectivity index (χ0) is 19.1. The Bertz CT molecular complexity index is 775. The van der Waals surface area contributed by atoms with Crippen LogP contribution in [0.3, 0.4) is 0 Å². The molecule has 2 aromatic carbocycles. The molecule has 138 valence electrons. The van der Waals surface area contributed by atoms with Gasteiger partial charge >= 0.3 is 0 Å². The zero-order valence-electron chi connectivity index (χ0n) is 15.2. The van der Waals surface area contributed by atoms with Gasteiger partial charge in [0.25, 0.3) is 5.91 Å². The molecular formula is C20H23FN2O3. The number of hydrogen-bond acceptors (Lipinski definition) is 3. The van der Waals surface area contributed by atoms with E-state index in [0.717, 1.165) is 5.56 Å². The molecule has 2 aromatic rings. The Kier molecular flexibility index (Phi) is 6.72. The van der Waals surface area contributed by atoms with Crippen LogP contribution in [0.4, 0.5) is 4.39 Å². The van der Waals surface area contributed by atoms with Crippen LogP contribution in [0.25, 0.3) is 0 Å². The molecule has 0 saturated heterocycles. The fourth-order valence-electron chi connectivity index (χ4n) is 2.48. The topological polar surface area (TPSA) is 58.6 Å². The zero-order valence-corrected chi connectivity index (χ0v) is 15.2. The van der Waals surface area contributed by atoms with Crippen LogP contribution in [0, 0.1) is 12.7 Å². The van der Waals surface area contributed by atoms with Crippen molar-refractivity contribution in [3.05, 3.63) is 65.0 Å². The van der Waals surface area contributed by atoms with Crippen molar-refractivity contribution in [3.63, 3.8) is 0 Å². The lowest BCUT2D eigenvalue weighted by atomic mass is 10.1. The minimum absolute atomic E-state index is 0.112. The van der Waals surface area contributed by atoms with Crippen LogP contribution in [0.15, 0.2) is 42.5 Å². The molecule has 0 atom stereocenters. The van der Waals surface area contributed by atoms with Crippen molar-refractivity contribution in [2.75, 3.05) is 20.2 Å². The molecule has 0 bridgehead atoms. The lowest BCUT2D eigenvalue weighted by molar-refractivity contribution is -0.130. The molecule has 0 radical (unpaired) electrons. The average molecular weight is 358 g/mol. The van der Waals surface area contributed by atoms with Crippen molar-refractivity contribution in [2.45, 2.75) is 20.4 Å². The van der Waals surface area contributed by atoms with Crippen LogP contribution in [0.5, 0.6) is 5.75 Å². The standard InChI is InChI=1S/C20H23FN2O3/c1-4-23(13-15-7-10-18(26-3)17(21)11-15)19(24)12-22-20(25)16-8-5-14(2)6-9-16/h5-11H,4,12-13H2,1-3H3,(H,22,25). The first-order valence-corrected chi connectivity index (χ1v) is 8.39. The molecule has 2 rings (SSSR count). The molecule has 0 saturated carbocycles. The molecule has 0 aliphatic heterocycles. The van der Waals surface area contributed by atoms with E-state index in [0.29, 0.717) is 17.7 Å². The van der Waals surface area contributed by atoms with E-state index < -0.39 is 5.82 Å². The summed E-state index contributed by atoms with van der Waals surface area (Å²) in [4.78, 5) is 26.0. The van der Waals surface area contributed by atoms with Gasteiger partial charge in [0.15, 0.2) is 11.6 Å². The van der Waals surface area contributed by atoms with Gasteiger partial charge in [0.1, 0.15) is 0 Å². The van der Waals surface area contributed by atoms with Gasteiger partial charge in [0, 0.05) is 18.7 Å². The number of carbonyl (C=O) groups excluding carboxylic acids is 2. The normalized spacial score (nSPS) is 10.3. The number of ether oxygens (including phenoxy) is 1. The number of rotatable bonds is 7. The molecule has 0 aliphatic carbocycles. The van der Waals surface area contributed by atoms with Crippen LogP contribution < -0.4 is 10.1 Å². The Hall–Kier alpha value is -2.89. The highest BCUT2D eigenvalue weighted by Crippen LogP contribution is 2.18. The first-order chi connectivity index (χ1) is 12.4. The SMILES string of the molecule is CCN(Cc1ccc(OC)c(F)c1)C(=O)CNC(=O)c1ccc(C)cc1. The van der Waals surface area contributed by atoms with Crippen molar-refractivity contribution in [3.8, 4) is 5.75 Å². The summed E-state index contributed by atoms with van der Waals surface area (Å²) < 4.78 is 18.7. The van der Waals surface area contributed by atoms with E-state index >= 15 is 0 Å². The summed E-state index contributed by atoms with van der Waals surface area (Å²) in [6.07, 6.45) is 0. The summed E-state index contributed by atoms with van der Waals surface area (Å²) >= 11 is 0. The average Bonchev–Trinajstić information content (AvgIpc) is 2.64. The van der Waals surface area contributed by atoms with Gasteiger partial charge in [-0.15, -0.1) is 0 Å². The van der Waals surface area contributed by atoms with Crippen molar-refractivity contribution >= 4 is 11.8 Å². The summed E-state index contributed by atoms with van der Waals surface area (Å²) in [6.45, 7) is 4.37. The van der Waals surface area contributed by atoms with Gasteiger partial charge in [0.2, 0.25) is 5.91 Å². The number of hydrogen-bond donors (Lipinski definition) is 1. The third-order valence-electron chi connectivity index (χ3n) is 4.04. The van der Waals surface area contributed by atoms with Gasteiger partial charge in [0.05, 0.1) is 13.7 Å². The number of aryl methyl sites for hydroxylation is 1. The van der Waals surface area contributed by atoms with Crippen molar-refractivity contribution in [1.82, 2.24) is 10.2 Å². The second-order valence-corrected chi connectivity index (χ2v) is 5.93. The third kappa shape index (κ3) is 5.05.